The van der Waals surface area contributed by atoms with Gasteiger partial charge < -0.3 is 9.80 Å². The normalized spacial score (nSPS) is 14.5. The second kappa shape index (κ2) is 9.43. The third-order valence-electron chi connectivity index (χ3n) is 6.14. The van der Waals surface area contributed by atoms with Gasteiger partial charge in [-0.1, -0.05) is 19.1 Å². The first kappa shape index (κ1) is 24.3. The molecule has 1 aliphatic rings. The molecule has 0 saturated carbocycles. The van der Waals surface area contributed by atoms with Gasteiger partial charge in [-0.3, -0.25) is 24.0 Å². The molecule has 2 heterocycles. The Morgan fingerprint density at radius 1 is 1.03 bits per heavy atom. The zero-order valence-electron chi connectivity index (χ0n) is 19.0. The number of carbonyl (C=O) groups is 1. The number of amides is 1. The van der Waals surface area contributed by atoms with Gasteiger partial charge in [-0.2, -0.15) is 13.2 Å². The van der Waals surface area contributed by atoms with Crippen molar-refractivity contribution in [1.82, 2.24) is 14.0 Å². The van der Waals surface area contributed by atoms with Gasteiger partial charge in [0, 0.05) is 38.8 Å². The predicted molar refractivity (Wildman–Crippen MR) is 123 cm³/mol. The highest BCUT2D eigenvalue weighted by Crippen LogP contribution is 2.36. The Morgan fingerprint density at radius 3 is 2.23 bits per heavy atom. The number of hydrogen-bond acceptors (Lipinski definition) is 5. The third-order valence-corrected chi connectivity index (χ3v) is 6.14. The fourth-order valence-electron chi connectivity index (χ4n) is 4.41. The lowest BCUT2D eigenvalue weighted by Crippen LogP contribution is -2.50. The number of anilines is 1. The molecular weight excluding hydrogens is 467 g/mol. The molecule has 3 aromatic rings. The number of nitro groups is 1. The molecule has 1 aliphatic heterocycles. The van der Waals surface area contributed by atoms with Crippen molar-refractivity contribution in [3.63, 3.8) is 0 Å². The molecular formula is C23H24F3N5O4. The molecule has 9 nitrogen and oxygen atoms in total. The second-order valence-corrected chi connectivity index (χ2v) is 8.34. The number of nitro benzene ring substituents is 1. The van der Waals surface area contributed by atoms with Crippen LogP contribution < -0.4 is 10.6 Å². The van der Waals surface area contributed by atoms with Crippen molar-refractivity contribution in [2.24, 2.45) is 0 Å². The van der Waals surface area contributed by atoms with Gasteiger partial charge in [-0.05, 0) is 30.7 Å². The number of rotatable bonds is 6. The lowest BCUT2D eigenvalue weighted by molar-refractivity contribution is -0.384. The van der Waals surface area contributed by atoms with E-state index in [2.05, 4.69) is 0 Å². The molecule has 35 heavy (non-hydrogen) atoms. The lowest BCUT2D eigenvalue weighted by Gasteiger charge is -2.36. The van der Waals surface area contributed by atoms with Gasteiger partial charge >= 0.3 is 11.9 Å². The van der Waals surface area contributed by atoms with Crippen LogP contribution in [0.3, 0.4) is 0 Å². The SMILES string of the molecule is CCCn1c(=O)n(CC(=O)N2CCN(c3ccc(C(F)(F)F)cc3[N+](=O)[O-])CC2)c2ccccc21. The summed E-state index contributed by atoms with van der Waals surface area (Å²) >= 11 is 0. The number of nitrogens with zero attached hydrogens (tertiary/aromatic N) is 5. The van der Waals surface area contributed by atoms with Crippen LogP contribution in [0.1, 0.15) is 18.9 Å². The van der Waals surface area contributed by atoms with Crippen LogP contribution in [0.15, 0.2) is 47.3 Å². The minimum Gasteiger partial charge on any atom is -0.362 e. The van der Waals surface area contributed by atoms with E-state index in [1.54, 1.807) is 26.5 Å². The van der Waals surface area contributed by atoms with E-state index in [1.807, 2.05) is 19.1 Å². The average molecular weight is 491 g/mol. The van der Waals surface area contributed by atoms with Crippen molar-refractivity contribution in [3.8, 4) is 0 Å². The molecule has 12 heteroatoms. The van der Waals surface area contributed by atoms with E-state index in [-0.39, 0.29) is 50.0 Å². The monoisotopic (exact) mass is 491 g/mol. The Bertz CT molecular complexity index is 1320. The molecule has 186 valence electrons. The maximum absolute atomic E-state index is 13.0. The van der Waals surface area contributed by atoms with Crippen molar-refractivity contribution in [3.05, 3.63) is 68.6 Å². The molecule has 0 N–H and O–H groups in total. The Balaban J connectivity index is 1.50. The summed E-state index contributed by atoms with van der Waals surface area (Å²) in [6.45, 7) is 3.22. The summed E-state index contributed by atoms with van der Waals surface area (Å²) in [4.78, 5) is 39.7. The first-order valence-corrected chi connectivity index (χ1v) is 11.2. The smallest absolute Gasteiger partial charge is 0.362 e. The van der Waals surface area contributed by atoms with E-state index in [4.69, 9.17) is 0 Å². The van der Waals surface area contributed by atoms with E-state index in [0.717, 1.165) is 24.1 Å². The molecule has 0 aliphatic carbocycles. The van der Waals surface area contributed by atoms with Gasteiger partial charge in [0.1, 0.15) is 12.2 Å². The van der Waals surface area contributed by atoms with Crippen molar-refractivity contribution >= 4 is 28.3 Å². The largest absolute Gasteiger partial charge is 0.416 e. The molecule has 4 rings (SSSR count). The van der Waals surface area contributed by atoms with Crippen molar-refractivity contribution in [2.75, 3.05) is 31.1 Å². The van der Waals surface area contributed by atoms with Gasteiger partial charge in [0.05, 0.1) is 21.5 Å². The minimum atomic E-state index is -4.69. The zero-order valence-corrected chi connectivity index (χ0v) is 19.0. The summed E-state index contributed by atoms with van der Waals surface area (Å²) in [5.41, 5.74) is -0.483. The number of hydrogen-bond donors (Lipinski definition) is 0. The molecule has 1 aromatic heterocycles. The van der Waals surface area contributed by atoms with Crippen LogP contribution in [-0.4, -0.2) is 51.0 Å². The molecule has 0 radical (unpaired) electrons. The Kier molecular flexibility index (Phi) is 6.55. The zero-order chi connectivity index (χ0) is 25.3. The van der Waals surface area contributed by atoms with Gasteiger partial charge in [-0.25, -0.2) is 4.79 Å². The fourth-order valence-corrected chi connectivity index (χ4v) is 4.41. The van der Waals surface area contributed by atoms with Crippen LogP contribution in [0.4, 0.5) is 24.5 Å². The third kappa shape index (κ3) is 4.73. The van der Waals surface area contributed by atoms with Crippen LogP contribution >= 0.6 is 0 Å². The molecule has 0 atom stereocenters. The number of aromatic nitrogens is 2. The van der Waals surface area contributed by atoms with E-state index in [0.29, 0.717) is 18.1 Å². The first-order chi connectivity index (χ1) is 16.6. The summed E-state index contributed by atoms with van der Waals surface area (Å²) in [6.07, 6.45) is -3.92. The van der Waals surface area contributed by atoms with E-state index >= 15 is 0 Å². The lowest BCUT2D eigenvalue weighted by atomic mass is 10.1. The molecule has 0 spiro atoms. The van der Waals surface area contributed by atoms with Crippen LogP contribution in [0, 0.1) is 10.1 Å². The van der Waals surface area contributed by atoms with Crippen molar-refractivity contribution < 1.29 is 22.9 Å². The number of piperazine rings is 1. The maximum Gasteiger partial charge on any atom is 0.416 e. The molecule has 2 aromatic carbocycles. The van der Waals surface area contributed by atoms with Gasteiger partial charge in [0.15, 0.2) is 0 Å². The number of benzene rings is 2. The number of carbonyl (C=O) groups excluding carboxylic acids is 1. The fraction of sp³-hybridized carbons (Fsp3) is 0.391. The van der Waals surface area contributed by atoms with E-state index < -0.39 is 22.4 Å². The number of fused-ring (bicyclic) bond motifs is 1. The molecule has 1 saturated heterocycles. The maximum atomic E-state index is 13.0. The quantitative estimate of drug-likeness (QED) is 0.389. The van der Waals surface area contributed by atoms with Gasteiger partial charge in [-0.15, -0.1) is 0 Å². The number of alkyl halides is 3. The topological polar surface area (TPSA) is 93.6 Å². The average Bonchev–Trinajstić information content (AvgIpc) is 3.09. The van der Waals surface area contributed by atoms with Crippen LogP contribution in [0.2, 0.25) is 0 Å². The van der Waals surface area contributed by atoms with Crippen molar-refractivity contribution in [1.29, 1.82) is 0 Å². The van der Waals surface area contributed by atoms with Crippen LogP contribution in [-0.2, 0) is 24.1 Å². The summed E-state index contributed by atoms with van der Waals surface area (Å²) in [5, 5.41) is 11.4. The molecule has 0 bridgehead atoms. The number of aryl methyl sites for hydroxylation is 1. The highest BCUT2D eigenvalue weighted by molar-refractivity contribution is 5.81. The summed E-state index contributed by atoms with van der Waals surface area (Å²) < 4.78 is 42.1. The second-order valence-electron chi connectivity index (χ2n) is 8.34. The summed E-state index contributed by atoms with van der Waals surface area (Å²) in [5.74, 6) is -0.270. The summed E-state index contributed by atoms with van der Waals surface area (Å²) in [6, 6.07) is 9.71. The van der Waals surface area contributed by atoms with Crippen molar-refractivity contribution in [2.45, 2.75) is 32.6 Å². The Labute approximate surface area is 198 Å². The highest BCUT2D eigenvalue weighted by atomic mass is 19.4. The van der Waals surface area contributed by atoms with Gasteiger partial charge in [0.25, 0.3) is 5.69 Å². The highest BCUT2D eigenvalue weighted by Gasteiger charge is 2.34. The standard InChI is InChI=1S/C23H24F3N5O4/c1-2-9-29-18-5-3-4-6-19(18)30(22(29)33)15-21(32)28-12-10-27(11-13-28)17-8-7-16(23(24,25)26)14-20(17)31(34)35/h3-8,14H,2,9-13,15H2,1H3. The molecule has 1 fully saturated rings. The Morgan fingerprint density at radius 2 is 1.66 bits per heavy atom. The minimum absolute atomic E-state index is 0.0777. The number of imidazole rings is 1. The van der Waals surface area contributed by atoms with E-state index in [9.17, 15) is 32.9 Å². The van der Waals surface area contributed by atoms with Crippen LogP contribution in [0.25, 0.3) is 11.0 Å². The van der Waals surface area contributed by atoms with Gasteiger partial charge in [0.2, 0.25) is 5.91 Å². The molecule has 0 unspecified atom stereocenters. The first-order valence-electron chi connectivity index (χ1n) is 11.2. The van der Waals surface area contributed by atoms with Crippen LogP contribution in [0.5, 0.6) is 0 Å². The number of para-hydroxylation sites is 2. The number of halogens is 3. The molecule has 1 amide bonds. The predicted octanol–water partition coefficient (Wildman–Crippen LogP) is 3.49. The summed E-state index contributed by atoms with van der Waals surface area (Å²) in [7, 11) is 0. The Hall–Kier alpha value is -3.83. The van der Waals surface area contributed by atoms with E-state index in [1.165, 1.54) is 4.57 Å².